The monoisotopic (exact) mass is 388 g/mol. The molecular weight excluding hydrogens is 364 g/mol. The molecule has 1 heterocycles. The number of sulfonamides is 1. The van der Waals surface area contributed by atoms with Crippen molar-refractivity contribution in [3.05, 3.63) is 64.7 Å². The number of hydrogen-bond donors (Lipinski definition) is 1. The fourth-order valence-corrected chi connectivity index (χ4v) is 5.02. The molecule has 0 spiro atoms. The molecule has 6 nitrogen and oxygen atoms in total. The van der Waals surface area contributed by atoms with Gasteiger partial charge in [0, 0.05) is 32.7 Å². The van der Waals surface area contributed by atoms with Gasteiger partial charge in [-0.05, 0) is 37.1 Å². The van der Waals surface area contributed by atoms with Gasteiger partial charge in [-0.3, -0.25) is 4.90 Å². The standard InChI is InChI=1S/C20H24N2O4S/c1-15-4-3-5-17(12-15)14-21-8-10-22(11-9-21)27(25,26)19-13-18(20(23)24)7-6-16(19)2/h3-7,12-13H,8-11,14H2,1-2H3,(H,23,24). The fourth-order valence-electron chi connectivity index (χ4n) is 3.35. The van der Waals surface area contributed by atoms with Gasteiger partial charge in [0.25, 0.3) is 0 Å². The van der Waals surface area contributed by atoms with E-state index in [4.69, 9.17) is 5.11 Å². The minimum absolute atomic E-state index is 0.0164. The third-order valence-electron chi connectivity index (χ3n) is 4.87. The maximum Gasteiger partial charge on any atom is 0.335 e. The molecule has 1 aliphatic rings. The molecule has 1 saturated heterocycles. The first-order valence-electron chi connectivity index (χ1n) is 8.89. The second kappa shape index (κ2) is 7.80. The summed E-state index contributed by atoms with van der Waals surface area (Å²) in [5, 5.41) is 9.16. The van der Waals surface area contributed by atoms with Crippen LogP contribution < -0.4 is 0 Å². The van der Waals surface area contributed by atoms with Crippen molar-refractivity contribution in [1.82, 2.24) is 9.21 Å². The van der Waals surface area contributed by atoms with E-state index in [1.54, 1.807) is 13.0 Å². The quantitative estimate of drug-likeness (QED) is 0.852. The predicted octanol–water partition coefficient (Wildman–Crippen LogP) is 2.51. The molecule has 2 aromatic rings. The normalized spacial score (nSPS) is 16.4. The highest BCUT2D eigenvalue weighted by molar-refractivity contribution is 7.89. The van der Waals surface area contributed by atoms with Gasteiger partial charge in [0.05, 0.1) is 10.5 Å². The second-order valence-corrected chi connectivity index (χ2v) is 8.86. The van der Waals surface area contributed by atoms with Crippen LogP contribution in [0.4, 0.5) is 0 Å². The number of carboxylic acids is 1. The van der Waals surface area contributed by atoms with E-state index in [0.29, 0.717) is 31.7 Å². The van der Waals surface area contributed by atoms with Crippen LogP contribution >= 0.6 is 0 Å². The summed E-state index contributed by atoms with van der Waals surface area (Å²) >= 11 is 0. The highest BCUT2D eigenvalue weighted by atomic mass is 32.2. The zero-order valence-corrected chi connectivity index (χ0v) is 16.4. The molecule has 0 amide bonds. The molecule has 1 N–H and O–H groups in total. The Morgan fingerprint density at radius 2 is 1.74 bits per heavy atom. The average molecular weight is 388 g/mol. The van der Waals surface area contributed by atoms with E-state index in [9.17, 15) is 13.2 Å². The van der Waals surface area contributed by atoms with E-state index in [-0.39, 0.29) is 10.5 Å². The van der Waals surface area contributed by atoms with Crippen LogP contribution in [0, 0.1) is 13.8 Å². The minimum atomic E-state index is -3.71. The van der Waals surface area contributed by atoms with Gasteiger partial charge in [-0.2, -0.15) is 4.31 Å². The lowest BCUT2D eigenvalue weighted by Crippen LogP contribution is -2.48. The molecule has 7 heteroatoms. The van der Waals surface area contributed by atoms with Gasteiger partial charge in [-0.25, -0.2) is 13.2 Å². The van der Waals surface area contributed by atoms with Crippen molar-refractivity contribution in [1.29, 1.82) is 0 Å². The largest absolute Gasteiger partial charge is 0.478 e. The van der Waals surface area contributed by atoms with E-state index in [1.807, 2.05) is 6.07 Å². The Kier molecular flexibility index (Phi) is 5.64. The molecular formula is C20H24N2O4S. The Bertz CT molecular complexity index is 948. The van der Waals surface area contributed by atoms with Crippen molar-refractivity contribution in [3.8, 4) is 0 Å². The highest BCUT2D eigenvalue weighted by Gasteiger charge is 2.30. The lowest BCUT2D eigenvalue weighted by atomic mass is 10.1. The molecule has 0 unspecified atom stereocenters. The molecule has 1 aliphatic heterocycles. The lowest BCUT2D eigenvalue weighted by molar-refractivity contribution is 0.0696. The molecule has 0 aliphatic carbocycles. The van der Waals surface area contributed by atoms with E-state index in [1.165, 1.54) is 27.6 Å². The maximum absolute atomic E-state index is 13.0. The number of nitrogens with zero attached hydrogens (tertiary/aromatic N) is 2. The van der Waals surface area contributed by atoms with Crippen LogP contribution in [0.1, 0.15) is 27.0 Å². The number of carbonyl (C=O) groups is 1. The molecule has 0 saturated carbocycles. The van der Waals surface area contributed by atoms with E-state index in [0.717, 1.165) is 6.54 Å². The van der Waals surface area contributed by atoms with Crippen LogP contribution in [0.15, 0.2) is 47.4 Å². The van der Waals surface area contributed by atoms with Gasteiger partial charge in [0.15, 0.2) is 0 Å². The molecule has 27 heavy (non-hydrogen) atoms. The van der Waals surface area contributed by atoms with E-state index >= 15 is 0 Å². The number of aromatic carboxylic acids is 1. The van der Waals surface area contributed by atoms with Crippen LogP contribution in [-0.4, -0.2) is 54.9 Å². The second-order valence-electron chi connectivity index (χ2n) is 6.95. The van der Waals surface area contributed by atoms with Crippen molar-refractivity contribution in [2.24, 2.45) is 0 Å². The smallest absolute Gasteiger partial charge is 0.335 e. The molecule has 0 radical (unpaired) electrons. The number of piperazine rings is 1. The SMILES string of the molecule is Cc1cccc(CN2CCN(S(=O)(=O)c3cc(C(=O)O)ccc3C)CC2)c1. The van der Waals surface area contributed by atoms with Crippen LogP contribution in [0.5, 0.6) is 0 Å². The van der Waals surface area contributed by atoms with Crippen molar-refractivity contribution in [2.75, 3.05) is 26.2 Å². The Labute approximate surface area is 160 Å². The summed E-state index contributed by atoms with van der Waals surface area (Å²) in [4.78, 5) is 13.5. The Morgan fingerprint density at radius 1 is 1.04 bits per heavy atom. The van der Waals surface area contributed by atoms with Crippen molar-refractivity contribution >= 4 is 16.0 Å². The molecule has 3 rings (SSSR count). The summed E-state index contributed by atoms with van der Waals surface area (Å²) in [6.45, 7) is 6.61. The van der Waals surface area contributed by atoms with Gasteiger partial charge in [-0.1, -0.05) is 35.9 Å². The summed E-state index contributed by atoms with van der Waals surface area (Å²) in [5.74, 6) is -1.13. The molecule has 144 valence electrons. The highest BCUT2D eigenvalue weighted by Crippen LogP contribution is 2.23. The molecule has 0 aromatic heterocycles. The molecule has 0 atom stereocenters. The van der Waals surface area contributed by atoms with Gasteiger partial charge >= 0.3 is 5.97 Å². The maximum atomic E-state index is 13.0. The molecule has 0 bridgehead atoms. The number of hydrogen-bond acceptors (Lipinski definition) is 4. The van der Waals surface area contributed by atoms with Crippen LogP contribution in [-0.2, 0) is 16.6 Å². The average Bonchev–Trinajstić information content (AvgIpc) is 2.62. The molecule has 1 fully saturated rings. The summed E-state index contributed by atoms with van der Waals surface area (Å²) in [5.41, 5.74) is 2.97. The van der Waals surface area contributed by atoms with Crippen molar-refractivity contribution < 1.29 is 18.3 Å². The Hall–Kier alpha value is -2.22. The molecule has 2 aromatic carbocycles. The Morgan fingerprint density at radius 3 is 2.37 bits per heavy atom. The number of rotatable bonds is 5. The van der Waals surface area contributed by atoms with Crippen LogP contribution in [0.2, 0.25) is 0 Å². The van der Waals surface area contributed by atoms with Gasteiger partial charge < -0.3 is 5.11 Å². The number of aryl methyl sites for hydroxylation is 2. The van der Waals surface area contributed by atoms with Crippen LogP contribution in [0.3, 0.4) is 0 Å². The summed E-state index contributed by atoms with van der Waals surface area (Å²) in [6, 6.07) is 12.5. The zero-order chi connectivity index (χ0) is 19.6. The number of carboxylic acid groups (broad SMARTS) is 1. The van der Waals surface area contributed by atoms with Crippen molar-refractivity contribution in [2.45, 2.75) is 25.3 Å². The summed E-state index contributed by atoms with van der Waals surface area (Å²) < 4.78 is 27.5. The minimum Gasteiger partial charge on any atom is -0.478 e. The summed E-state index contributed by atoms with van der Waals surface area (Å²) in [7, 11) is -3.71. The first-order chi connectivity index (χ1) is 12.8. The fraction of sp³-hybridized carbons (Fsp3) is 0.350. The number of benzene rings is 2. The van der Waals surface area contributed by atoms with Gasteiger partial charge in [0.2, 0.25) is 10.0 Å². The Balaban J connectivity index is 1.71. The lowest BCUT2D eigenvalue weighted by Gasteiger charge is -2.34. The van der Waals surface area contributed by atoms with Crippen LogP contribution in [0.25, 0.3) is 0 Å². The zero-order valence-electron chi connectivity index (χ0n) is 15.6. The third-order valence-corrected chi connectivity index (χ3v) is 6.91. The first-order valence-corrected chi connectivity index (χ1v) is 10.3. The van der Waals surface area contributed by atoms with E-state index in [2.05, 4.69) is 30.0 Å². The van der Waals surface area contributed by atoms with Crippen molar-refractivity contribution in [3.63, 3.8) is 0 Å². The predicted molar refractivity (Wildman–Crippen MR) is 103 cm³/mol. The van der Waals surface area contributed by atoms with Gasteiger partial charge in [0.1, 0.15) is 0 Å². The summed E-state index contributed by atoms with van der Waals surface area (Å²) in [6.07, 6.45) is 0. The third kappa shape index (κ3) is 4.37. The first kappa shape index (κ1) is 19.5. The topological polar surface area (TPSA) is 77.9 Å². The van der Waals surface area contributed by atoms with Gasteiger partial charge in [-0.15, -0.1) is 0 Å². The van der Waals surface area contributed by atoms with E-state index < -0.39 is 16.0 Å².